The molecule has 2 unspecified atom stereocenters. The molecule has 0 radical (unpaired) electrons. The van der Waals surface area contributed by atoms with Crippen LogP contribution in [-0.2, 0) is 4.74 Å². The number of hydrogen-bond donors (Lipinski definition) is 0. The monoisotopic (exact) mass is 358 g/mol. The summed E-state index contributed by atoms with van der Waals surface area (Å²) in [5.41, 5.74) is 0.725. The molecular formula is C21H30N2O3. The molecule has 1 amide bonds. The Morgan fingerprint density at radius 2 is 1.77 bits per heavy atom. The van der Waals surface area contributed by atoms with Crippen LogP contribution in [0, 0.1) is 11.8 Å². The molecule has 0 spiro atoms. The van der Waals surface area contributed by atoms with Gasteiger partial charge in [0.15, 0.2) is 0 Å². The summed E-state index contributed by atoms with van der Waals surface area (Å²) in [5, 5.41) is 0. The SMILES string of the molecule is O=C(c1ccc(OCCCN2CC3CCCC3C2)cc1)N1CCOCC1. The minimum atomic E-state index is 0.0828. The van der Waals surface area contributed by atoms with Gasteiger partial charge in [-0.25, -0.2) is 0 Å². The number of carbonyl (C=O) groups is 1. The summed E-state index contributed by atoms with van der Waals surface area (Å²) >= 11 is 0. The molecule has 1 aromatic carbocycles. The van der Waals surface area contributed by atoms with Crippen molar-refractivity contribution in [1.29, 1.82) is 0 Å². The summed E-state index contributed by atoms with van der Waals surface area (Å²) in [6.45, 7) is 7.08. The molecule has 2 atom stereocenters. The number of ether oxygens (including phenoxy) is 2. The van der Waals surface area contributed by atoms with Gasteiger partial charge in [-0.3, -0.25) is 4.79 Å². The molecule has 3 fully saturated rings. The number of nitrogens with zero attached hydrogens (tertiary/aromatic N) is 2. The molecule has 142 valence electrons. The van der Waals surface area contributed by atoms with Crippen LogP contribution < -0.4 is 4.74 Å². The van der Waals surface area contributed by atoms with E-state index >= 15 is 0 Å². The topological polar surface area (TPSA) is 42.0 Å². The van der Waals surface area contributed by atoms with Crippen molar-refractivity contribution in [2.75, 3.05) is 52.5 Å². The van der Waals surface area contributed by atoms with Gasteiger partial charge in [-0.1, -0.05) is 6.42 Å². The molecule has 5 nitrogen and oxygen atoms in total. The van der Waals surface area contributed by atoms with Gasteiger partial charge in [0.2, 0.25) is 0 Å². The summed E-state index contributed by atoms with van der Waals surface area (Å²) < 4.78 is 11.2. The molecule has 2 aliphatic heterocycles. The number of hydrogen-bond acceptors (Lipinski definition) is 4. The maximum atomic E-state index is 12.4. The summed E-state index contributed by atoms with van der Waals surface area (Å²) in [6.07, 6.45) is 5.38. The number of likely N-dealkylation sites (tertiary alicyclic amines) is 1. The van der Waals surface area contributed by atoms with Crippen molar-refractivity contribution in [2.45, 2.75) is 25.7 Å². The summed E-state index contributed by atoms with van der Waals surface area (Å²) in [5.74, 6) is 2.86. The highest BCUT2D eigenvalue weighted by Gasteiger charge is 2.35. The predicted octanol–water partition coefficient (Wildman–Crippen LogP) is 2.66. The lowest BCUT2D eigenvalue weighted by atomic mass is 10.0. The maximum Gasteiger partial charge on any atom is 0.254 e. The van der Waals surface area contributed by atoms with Crippen LogP contribution >= 0.6 is 0 Å². The highest BCUT2D eigenvalue weighted by Crippen LogP contribution is 2.37. The molecule has 1 aromatic rings. The zero-order chi connectivity index (χ0) is 17.8. The average Bonchev–Trinajstić information content (AvgIpc) is 3.28. The molecule has 4 rings (SSSR count). The van der Waals surface area contributed by atoms with Crippen molar-refractivity contribution < 1.29 is 14.3 Å². The minimum Gasteiger partial charge on any atom is -0.494 e. The predicted molar refractivity (Wildman–Crippen MR) is 101 cm³/mol. The van der Waals surface area contributed by atoms with E-state index in [1.165, 1.54) is 32.4 Å². The normalized spacial score (nSPS) is 26.1. The fraction of sp³-hybridized carbons (Fsp3) is 0.667. The second-order valence-corrected chi connectivity index (χ2v) is 7.84. The largest absolute Gasteiger partial charge is 0.494 e. The van der Waals surface area contributed by atoms with E-state index < -0.39 is 0 Å². The Hall–Kier alpha value is -1.59. The Bertz CT molecular complexity index is 586. The summed E-state index contributed by atoms with van der Waals surface area (Å²) in [6, 6.07) is 7.56. The van der Waals surface area contributed by atoms with Crippen LogP contribution in [0.4, 0.5) is 0 Å². The van der Waals surface area contributed by atoms with Gasteiger partial charge >= 0.3 is 0 Å². The first-order valence-electron chi connectivity index (χ1n) is 10.1. The average molecular weight is 358 g/mol. The molecule has 26 heavy (non-hydrogen) atoms. The van der Waals surface area contributed by atoms with E-state index in [4.69, 9.17) is 9.47 Å². The lowest BCUT2D eigenvalue weighted by Crippen LogP contribution is -2.40. The van der Waals surface area contributed by atoms with Gasteiger partial charge in [0, 0.05) is 38.3 Å². The van der Waals surface area contributed by atoms with Crippen LogP contribution in [0.5, 0.6) is 5.75 Å². The van der Waals surface area contributed by atoms with Crippen molar-refractivity contribution in [2.24, 2.45) is 11.8 Å². The maximum absolute atomic E-state index is 12.4. The number of carbonyl (C=O) groups excluding carboxylic acids is 1. The van der Waals surface area contributed by atoms with Crippen LogP contribution in [0.1, 0.15) is 36.0 Å². The van der Waals surface area contributed by atoms with Gasteiger partial charge in [-0.15, -0.1) is 0 Å². The first-order valence-corrected chi connectivity index (χ1v) is 10.1. The molecular weight excluding hydrogens is 328 g/mol. The molecule has 1 saturated carbocycles. The minimum absolute atomic E-state index is 0.0828. The van der Waals surface area contributed by atoms with Crippen LogP contribution in [-0.4, -0.2) is 68.3 Å². The second kappa shape index (κ2) is 8.40. The number of fused-ring (bicyclic) bond motifs is 1. The third kappa shape index (κ3) is 4.21. The zero-order valence-corrected chi connectivity index (χ0v) is 15.6. The quantitative estimate of drug-likeness (QED) is 0.733. The van der Waals surface area contributed by atoms with Gasteiger partial charge < -0.3 is 19.3 Å². The third-order valence-electron chi connectivity index (χ3n) is 6.09. The highest BCUT2D eigenvalue weighted by molar-refractivity contribution is 5.94. The van der Waals surface area contributed by atoms with E-state index in [0.29, 0.717) is 26.3 Å². The van der Waals surface area contributed by atoms with Gasteiger partial charge in [0.05, 0.1) is 19.8 Å². The summed E-state index contributed by atoms with van der Waals surface area (Å²) in [7, 11) is 0. The van der Waals surface area contributed by atoms with Crippen molar-refractivity contribution in [1.82, 2.24) is 9.80 Å². The van der Waals surface area contributed by atoms with Crippen LogP contribution in [0.15, 0.2) is 24.3 Å². The Labute approximate surface area is 156 Å². The van der Waals surface area contributed by atoms with Crippen molar-refractivity contribution >= 4 is 5.91 Å². The van der Waals surface area contributed by atoms with Gasteiger partial charge in [0.1, 0.15) is 5.75 Å². The molecule has 0 aromatic heterocycles. The Morgan fingerprint density at radius 1 is 1.08 bits per heavy atom. The van der Waals surface area contributed by atoms with Gasteiger partial charge in [-0.05, 0) is 55.4 Å². The third-order valence-corrected chi connectivity index (χ3v) is 6.09. The number of morpholine rings is 1. The van der Waals surface area contributed by atoms with E-state index in [1.54, 1.807) is 0 Å². The summed E-state index contributed by atoms with van der Waals surface area (Å²) in [4.78, 5) is 16.9. The molecule has 0 N–H and O–H groups in total. The van der Waals surface area contributed by atoms with E-state index in [-0.39, 0.29) is 5.91 Å². The standard InChI is InChI=1S/C21H30N2O3/c24-21(23-10-13-25-14-11-23)17-5-7-20(8-6-17)26-12-2-9-22-15-18-3-1-4-19(18)16-22/h5-8,18-19H,1-4,9-16H2. The fourth-order valence-corrected chi connectivity index (χ4v) is 4.64. The van der Waals surface area contributed by atoms with E-state index in [0.717, 1.165) is 42.7 Å². The Balaban J connectivity index is 1.18. The Kier molecular flexibility index (Phi) is 5.75. The van der Waals surface area contributed by atoms with Gasteiger partial charge in [0.25, 0.3) is 5.91 Å². The highest BCUT2D eigenvalue weighted by atomic mass is 16.5. The number of amides is 1. The van der Waals surface area contributed by atoms with Gasteiger partial charge in [-0.2, -0.15) is 0 Å². The first-order chi connectivity index (χ1) is 12.8. The van der Waals surface area contributed by atoms with Crippen LogP contribution in [0.2, 0.25) is 0 Å². The molecule has 3 aliphatic rings. The lowest BCUT2D eigenvalue weighted by Gasteiger charge is -2.26. The molecule has 0 bridgehead atoms. The van der Waals surface area contributed by atoms with Crippen molar-refractivity contribution in [3.63, 3.8) is 0 Å². The van der Waals surface area contributed by atoms with E-state index in [2.05, 4.69) is 4.90 Å². The Morgan fingerprint density at radius 3 is 2.46 bits per heavy atom. The zero-order valence-electron chi connectivity index (χ0n) is 15.6. The lowest BCUT2D eigenvalue weighted by molar-refractivity contribution is 0.0303. The number of rotatable bonds is 6. The second-order valence-electron chi connectivity index (χ2n) is 7.84. The van der Waals surface area contributed by atoms with Crippen molar-refractivity contribution in [3.05, 3.63) is 29.8 Å². The number of benzene rings is 1. The first kappa shape index (κ1) is 17.8. The molecule has 1 aliphatic carbocycles. The molecule has 2 saturated heterocycles. The molecule has 5 heteroatoms. The van der Waals surface area contributed by atoms with Crippen molar-refractivity contribution in [3.8, 4) is 5.75 Å². The van der Waals surface area contributed by atoms with Crippen LogP contribution in [0.3, 0.4) is 0 Å². The smallest absolute Gasteiger partial charge is 0.254 e. The fourth-order valence-electron chi connectivity index (χ4n) is 4.64. The molecule has 2 heterocycles. The van der Waals surface area contributed by atoms with Crippen LogP contribution in [0.25, 0.3) is 0 Å². The van der Waals surface area contributed by atoms with E-state index in [9.17, 15) is 4.79 Å². The van der Waals surface area contributed by atoms with E-state index in [1.807, 2.05) is 29.2 Å².